The maximum atomic E-state index is 5.63. The van der Waals surface area contributed by atoms with Crippen LogP contribution < -0.4 is 5.32 Å². The standard InChI is InChI=1S/C18H27NO/c1-2-20-18-12-17(13-18)19-16-10-8-15(9-11-16)14-6-4-3-5-7-14/h3-7,15-19H,2,8-13H2,1H3. The molecule has 0 aromatic heterocycles. The molecule has 1 aromatic carbocycles. The van der Waals surface area contributed by atoms with E-state index in [1.807, 2.05) is 0 Å². The fourth-order valence-electron chi connectivity index (χ4n) is 3.73. The van der Waals surface area contributed by atoms with Crippen LogP contribution in [-0.2, 0) is 4.74 Å². The van der Waals surface area contributed by atoms with Gasteiger partial charge in [0.25, 0.3) is 0 Å². The predicted molar refractivity (Wildman–Crippen MR) is 83.0 cm³/mol. The first kappa shape index (κ1) is 14.1. The molecule has 1 aromatic rings. The Morgan fingerprint density at radius 1 is 1.00 bits per heavy atom. The molecule has 0 radical (unpaired) electrons. The van der Waals surface area contributed by atoms with E-state index < -0.39 is 0 Å². The summed E-state index contributed by atoms with van der Waals surface area (Å²) in [5.74, 6) is 0.784. The molecule has 2 heteroatoms. The van der Waals surface area contributed by atoms with Crippen LogP contribution in [0.1, 0.15) is 56.9 Å². The zero-order chi connectivity index (χ0) is 13.8. The fourth-order valence-corrected chi connectivity index (χ4v) is 3.73. The smallest absolute Gasteiger partial charge is 0.0604 e. The van der Waals surface area contributed by atoms with Gasteiger partial charge in [-0.2, -0.15) is 0 Å². The minimum atomic E-state index is 0.526. The van der Waals surface area contributed by atoms with E-state index in [2.05, 4.69) is 42.6 Å². The van der Waals surface area contributed by atoms with Gasteiger partial charge in [0, 0.05) is 18.7 Å². The van der Waals surface area contributed by atoms with Crippen LogP contribution in [0.25, 0.3) is 0 Å². The number of hydrogen-bond donors (Lipinski definition) is 1. The molecule has 0 spiro atoms. The van der Waals surface area contributed by atoms with Gasteiger partial charge in [-0.1, -0.05) is 30.3 Å². The second-order valence-corrected chi connectivity index (χ2v) is 6.37. The van der Waals surface area contributed by atoms with Crippen molar-refractivity contribution in [2.24, 2.45) is 0 Å². The average Bonchev–Trinajstić information content (AvgIpc) is 2.47. The molecule has 2 fully saturated rings. The highest BCUT2D eigenvalue weighted by Crippen LogP contribution is 2.34. The minimum Gasteiger partial charge on any atom is -0.378 e. The first-order valence-corrected chi connectivity index (χ1v) is 8.27. The molecule has 110 valence electrons. The lowest BCUT2D eigenvalue weighted by atomic mass is 9.80. The summed E-state index contributed by atoms with van der Waals surface area (Å²) in [6.07, 6.45) is 8.29. The molecular weight excluding hydrogens is 246 g/mol. The topological polar surface area (TPSA) is 21.3 Å². The quantitative estimate of drug-likeness (QED) is 0.879. The van der Waals surface area contributed by atoms with Gasteiger partial charge in [0.2, 0.25) is 0 Å². The zero-order valence-corrected chi connectivity index (χ0v) is 12.6. The summed E-state index contributed by atoms with van der Waals surface area (Å²) >= 11 is 0. The SMILES string of the molecule is CCOC1CC(NC2CCC(c3ccccc3)CC2)C1. The molecule has 2 nitrogen and oxygen atoms in total. The summed E-state index contributed by atoms with van der Waals surface area (Å²) in [6.45, 7) is 2.95. The van der Waals surface area contributed by atoms with Crippen LogP contribution in [0.4, 0.5) is 0 Å². The second kappa shape index (κ2) is 6.73. The Hall–Kier alpha value is -0.860. The van der Waals surface area contributed by atoms with Crippen LogP contribution in [0.2, 0.25) is 0 Å². The third kappa shape index (κ3) is 3.42. The molecule has 1 N–H and O–H groups in total. The summed E-state index contributed by atoms with van der Waals surface area (Å²) in [5.41, 5.74) is 1.53. The average molecular weight is 273 g/mol. The van der Waals surface area contributed by atoms with Gasteiger partial charge in [0.05, 0.1) is 6.10 Å². The largest absolute Gasteiger partial charge is 0.378 e. The van der Waals surface area contributed by atoms with E-state index in [0.29, 0.717) is 12.1 Å². The maximum Gasteiger partial charge on any atom is 0.0604 e. The fraction of sp³-hybridized carbons (Fsp3) is 0.667. The van der Waals surface area contributed by atoms with Crippen LogP contribution in [-0.4, -0.2) is 24.8 Å². The van der Waals surface area contributed by atoms with Crippen LogP contribution in [0.15, 0.2) is 30.3 Å². The van der Waals surface area contributed by atoms with E-state index >= 15 is 0 Å². The second-order valence-electron chi connectivity index (χ2n) is 6.37. The van der Waals surface area contributed by atoms with Gasteiger partial charge in [-0.15, -0.1) is 0 Å². The third-order valence-electron chi connectivity index (χ3n) is 4.97. The van der Waals surface area contributed by atoms with Crippen molar-refractivity contribution in [3.63, 3.8) is 0 Å². The van der Waals surface area contributed by atoms with Crippen molar-refractivity contribution in [3.05, 3.63) is 35.9 Å². The molecule has 0 amide bonds. The number of rotatable bonds is 5. The highest BCUT2D eigenvalue weighted by molar-refractivity contribution is 5.20. The Balaban J connectivity index is 1.39. The Morgan fingerprint density at radius 3 is 2.35 bits per heavy atom. The molecule has 3 rings (SSSR count). The van der Waals surface area contributed by atoms with E-state index in [-0.39, 0.29) is 0 Å². The lowest BCUT2D eigenvalue weighted by Gasteiger charge is -2.40. The first-order chi connectivity index (χ1) is 9.85. The summed E-state index contributed by atoms with van der Waals surface area (Å²) in [5, 5.41) is 3.84. The van der Waals surface area contributed by atoms with Crippen molar-refractivity contribution in [2.75, 3.05) is 6.61 Å². The molecule has 2 aliphatic carbocycles. The van der Waals surface area contributed by atoms with Crippen molar-refractivity contribution in [1.29, 1.82) is 0 Å². The molecule has 0 atom stereocenters. The Labute approximate surface area is 122 Å². The Bertz CT molecular complexity index is 391. The monoisotopic (exact) mass is 273 g/mol. The van der Waals surface area contributed by atoms with Gasteiger partial charge in [-0.25, -0.2) is 0 Å². The lowest BCUT2D eigenvalue weighted by Crippen LogP contribution is -2.50. The van der Waals surface area contributed by atoms with Crippen LogP contribution >= 0.6 is 0 Å². The van der Waals surface area contributed by atoms with E-state index in [0.717, 1.165) is 18.6 Å². The predicted octanol–water partition coefficient (Wildman–Crippen LogP) is 3.87. The van der Waals surface area contributed by atoms with Gasteiger partial charge < -0.3 is 10.1 Å². The summed E-state index contributed by atoms with van der Waals surface area (Å²) in [4.78, 5) is 0. The number of ether oxygens (including phenoxy) is 1. The molecule has 0 bridgehead atoms. The van der Waals surface area contributed by atoms with Gasteiger partial charge in [-0.05, 0) is 56.9 Å². The van der Waals surface area contributed by atoms with E-state index in [4.69, 9.17) is 4.74 Å². The van der Waals surface area contributed by atoms with Crippen molar-refractivity contribution in [1.82, 2.24) is 5.32 Å². The summed E-state index contributed by atoms with van der Waals surface area (Å²) < 4.78 is 5.63. The van der Waals surface area contributed by atoms with E-state index in [1.165, 1.54) is 44.1 Å². The van der Waals surface area contributed by atoms with Gasteiger partial charge in [0.1, 0.15) is 0 Å². The summed E-state index contributed by atoms with van der Waals surface area (Å²) in [7, 11) is 0. The van der Waals surface area contributed by atoms with Crippen LogP contribution in [0.3, 0.4) is 0 Å². The highest BCUT2D eigenvalue weighted by atomic mass is 16.5. The van der Waals surface area contributed by atoms with Crippen LogP contribution in [0.5, 0.6) is 0 Å². The highest BCUT2D eigenvalue weighted by Gasteiger charge is 2.32. The van der Waals surface area contributed by atoms with Crippen molar-refractivity contribution < 1.29 is 4.74 Å². The van der Waals surface area contributed by atoms with Gasteiger partial charge in [0.15, 0.2) is 0 Å². The van der Waals surface area contributed by atoms with Gasteiger partial charge >= 0.3 is 0 Å². The molecule has 0 aliphatic heterocycles. The van der Waals surface area contributed by atoms with Crippen molar-refractivity contribution in [2.45, 2.75) is 69.6 Å². The summed E-state index contributed by atoms with van der Waals surface area (Å²) in [6, 6.07) is 12.5. The molecule has 0 heterocycles. The molecule has 20 heavy (non-hydrogen) atoms. The minimum absolute atomic E-state index is 0.526. The first-order valence-electron chi connectivity index (χ1n) is 8.27. The van der Waals surface area contributed by atoms with Crippen molar-refractivity contribution in [3.8, 4) is 0 Å². The van der Waals surface area contributed by atoms with E-state index in [9.17, 15) is 0 Å². The molecule has 2 aliphatic rings. The zero-order valence-electron chi connectivity index (χ0n) is 12.6. The molecule has 2 saturated carbocycles. The molecule has 0 unspecified atom stereocenters. The molecular formula is C18H27NO. The van der Waals surface area contributed by atoms with Crippen LogP contribution in [0, 0.1) is 0 Å². The number of nitrogens with one attached hydrogen (secondary N) is 1. The Morgan fingerprint density at radius 2 is 1.70 bits per heavy atom. The maximum absolute atomic E-state index is 5.63. The lowest BCUT2D eigenvalue weighted by molar-refractivity contribution is -0.0135. The van der Waals surface area contributed by atoms with E-state index in [1.54, 1.807) is 0 Å². The van der Waals surface area contributed by atoms with Crippen molar-refractivity contribution >= 4 is 0 Å². The number of benzene rings is 1. The Kier molecular flexibility index (Phi) is 4.74. The molecule has 0 saturated heterocycles. The van der Waals surface area contributed by atoms with Gasteiger partial charge in [-0.3, -0.25) is 0 Å². The number of hydrogen-bond acceptors (Lipinski definition) is 2. The normalized spacial score (nSPS) is 33.6. The third-order valence-corrected chi connectivity index (χ3v) is 4.97.